The monoisotopic (exact) mass is 262 g/mol. The van der Waals surface area contributed by atoms with Crippen molar-refractivity contribution in [1.82, 2.24) is 10.2 Å². The Kier molecular flexibility index (Phi) is 3.15. The average molecular weight is 262 g/mol. The van der Waals surface area contributed by atoms with Crippen molar-refractivity contribution in [3.8, 4) is 17.0 Å². The standard InChI is InChI=1S/C11H10N4O4/c1-19-9-4-2-3-6(10(9)15(17)18)7-5-8(11(12)16)14-13-7/h2-5H,1H3,(H2,12,16)(H,13,14). The van der Waals surface area contributed by atoms with E-state index in [4.69, 9.17) is 10.5 Å². The van der Waals surface area contributed by atoms with Gasteiger partial charge < -0.3 is 10.5 Å². The number of hydrogen-bond donors (Lipinski definition) is 2. The smallest absolute Gasteiger partial charge is 0.320 e. The van der Waals surface area contributed by atoms with Gasteiger partial charge in [0.15, 0.2) is 5.75 Å². The molecule has 0 radical (unpaired) electrons. The minimum absolute atomic E-state index is 0.0760. The second-order valence-corrected chi connectivity index (χ2v) is 3.64. The van der Waals surface area contributed by atoms with Crippen LogP contribution in [-0.2, 0) is 0 Å². The number of nitrogens with two attached hydrogens (primary N) is 1. The fourth-order valence-corrected chi connectivity index (χ4v) is 1.67. The van der Waals surface area contributed by atoms with Crippen LogP contribution in [0.3, 0.4) is 0 Å². The summed E-state index contributed by atoms with van der Waals surface area (Å²) < 4.78 is 4.95. The molecule has 1 aromatic heterocycles. The van der Waals surface area contributed by atoms with Crippen molar-refractivity contribution in [2.45, 2.75) is 0 Å². The zero-order chi connectivity index (χ0) is 14.0. The topological polar surface area (TPSA) is 124 Å². The Morgan fingerprint density at radius 2 is 2.26 bits per heavy atom. The maximum Gasteiger partial charge on any atom is 0.320 e. The molecule has 1 aromatic carbocycles. The minimum Gasteiger partial charge on any atom is -0.490 e. The molecule has 8 nitrogen and oxygen atoms in total. The Morgan fingerprint density at radius 1 is 1.53 bits per heavy atom. The normalized spacial score (nSPS) is 10.2. The predicted molar refractivity (Wildman–Crippen MR) is 65.7 cm³/mol. The van der Waals surface area contributed by atoms with Crippen molar-refractivity contribution < 1.29 is 14.5 Å². The van der Waals surface area contributed by atoms with Crippen molar-refractivity contribution in [2.75, 3.05) is 7.11 Å². The van der Waals surface area contributed by atoms with E-state index < -0.39 is 10.8 Å². The van der Waals surface area contributed by atoms with Gasteiger partial charge in [0, 0.05) is 0 Å². The average Bonchev–Trinajstić information content (AvgIpc) is 2.87. The first-order valence-corrected chi connectivity index (χ1v) is 5.21. The van der Waals surface area contributed by atoms with Gasteiger partial charge in [-0.3, -0.25) is 20.0 Å². The van der Waals surface area contributed by atoms with E-state index in [0.29, 0.717) is 0 Å². The number of nitrogens with zero attached hydrogens (tertiary/aromatic N) is 2. The number of carbonyl (C=O) groups is 1. The molecule has 0 saturated heterocycles. The number of hydrogen-bond acceptors (Lipinski definition) is 5. The van der Waals surface area contributed by atoms with E-state index in [0.717, 1.165) is 0 Å². The molecule has 98 valence electrons. The summed E-state index contributed by atoms with van der Waals surface area (Å²) >= 11 is 0. The number of amides is 1. The Hall–Kier alpha value is -2.90. The number of para-hydroxylation sites is 1. The van der Waals surface area contributed by atoms with E-state index in [1.54, 1.807) is 6.07 Å². The number of benzene rings is 1. The molecule has 0 saturated carbocycles. The number of nitro benzene ring substituents is 1. The van der Waals surface area contributed by atoms with Gasteiger partial charge in [-0.2, -0.15) is 5.10 Å². The molecule has 0 spiro atoms. The van der Waals surface area contributed by atoms with E-state index >= 15 is 0 Å². The van der Waals surface area contributed by atoms with Gasteiger partial charge in [-0.1, -0.05) is 6.07 Å². The maximum absolute atomic E-state index is 11.1. The number of carbonyl (C=O) groups excluding carboxylic acids is 1. The number of aromatic amines is 1. The van der Waals surface area contributed by atoms with Gasteiger partial charge in [0.05, 0.1) is 23.3 Å². The van der Waals surface area contributed by atoms with Gasteiger partial charge in [-0.05, 0) is 18.2 Å². The Labute approximate surface area is 107 Å². The molecule has 0 atom stereocenters. The van der Waals surface area contributed by atoms with Gasteiger partial charge in [-0.25, -0.2) is 0 Å². The molecule has 0 aliphatic rings. The molecular weight excluding hydrogens is 252 g/mol. The molecule has 1 amide bonds. The zero-order valence-electron chi connectivity index (χ0n) is 9.91. The highest BCUT2D eigenvalue weighted by Gasteiger charge is 2.23. The quantitative estimate of drug-likeness (QED) is 0.630. The largest absolute Gasteiger partial charge is 0.490 e. The molecule has 0 fully saturated rings. The van der Waals surface area contributed by atoms with E-state index in [1.165, 1.54) is 25.3 Å². The van der Waals surface area contributed by atoms with Crippen molar-refractivity contribution in [3.63, 3.8) is 0 Å². The summed E-state index contributed by atoms with van der Waals surface area (Å²) in [5, 5.41) is 17.4. The third-order valence-corrected chi connectivity index (χ3v) is 2.52. The molecule has 2 rings (SSSR count). The lowest BCUT2D eigenvalue weighted by molar-refractivity contribution is -0.385. The van der Waals surface area contributed by atoms with E-state index in [-0.39, 0.29) is 28.4 Å². The molecule has 0 aliphatic carbocycles. The molecule has 3 N–H and O–H groups in total. The van der Waals surface area contributed by atoms with Crippen molar-refractivity contribution >= 4 is 11.6 Å². The zero-order valence-corrected chi connectivity index (χ0v) is 9.91. The molecule has 8 heteroatoms. The molecular formula is C11H10N4O4. The summed E-state index contributed by atoms with van der Waals surface area (Å²) in [7, 11) is 1.34. The molecule has 1 heterocycles. The van der Waals surface area contributed by atoms with Gasteiger partial charge in [0.2, 0.25) is 0 Å². The fourth-order valence-electron chi connectivity index (χ4n) is 1.67. The summed E-state index contributed by atoms with van der Waals surface area (Å²) in [4.78, 5) is 21.5. The molecule has 0 bridgehead atoms. The van der Waals surface area contributed by atoms with Gasteiger partial charge in [0.1, 0.15) is 5.69 Å². The third-order valence-electron chi connectivity index (χ3n) is 2.52. The molecule has 19 heavy (non-hydrogen) atoms. The summed E-state index contributed by atoms with van der Waals surface area (Å²) in [5.74, 6) is -0.574. The van der Waals surface area contributed by atoms with E-state index in [9.17, 15) is 14.9 Å². The van der Waals surface area contributed by atoms with Crippen LogP contribution in [-0.4, -0.2) is 28.1 Å². The van der Waals surface area contributed by atoms with Crippen LogP contribution >= 0.6 is 0 Å². The van der Waals surface area contributed by atoms with Crippen LogP contribution in [0.25, 0.3) is 11.3 Å². The number of methoxy groups -OCH3 is 1. The number of ether oxygens (including phenoxy) is 1. The van der Waals surface area contributed by atoms with Crippen LogP contribution in [0.2, 0.25) is 0 Å². The van der Waals surface area contributed by atoms with Gasteiger partial charge in [-0.15, -0.1) is 0 Å². The van der Waals surface area contributed by atoms with Crippen molar-refractivity contribution in [1.29, 1.82) is 0 Å². The highest BCUT2D eigenvalue weighted by atomic mass is 16.6. The van der Waals surface area contributed by atoms with Crippen LogP contribution in [0.4, 0.5) is 5.69 Å². The lowest BCUT2D eigenvalue weighted by Gasteiger charge is -2.04. The first-order chi connectivity index (χ1) is 9.04. The van der Waals surface area contributed by atoms with Crippen LogP contribution in [0.5, 0.6) is 5.75 Å². The minimum atomic E-state index is -0.690. The lowest BCUT2D eigenvalue weighted by Crippen LogP contribution is -2.10. The number of nitrogens with one attached hydrogen (secondary N) is 1. The summed E-state index contributed by atoms with van der Waals surface area (Å²) in [5.41, 5.74) is 5.44. The first-order valence-electron chi connectivity index (χ1n) is 5.21. The predicted octanol–water partition coefficient (Wildman–Crippen LogP) is 1.09. The van der Waals surface area contributed by atoms with Crippen molar-refractivity contribution in [3.05, 3.63) is 40.1 Å². The Balaban J connectivity index is 2.60. The molecule has 2 aromatic rings. The number of primary amides is 1. The number of H-pyrrole nitrogens is 1. The third kappa shape index (κ3) is 2.23. The summed E-state index contributed by atoms with van der Waals surface area (Å²) in [6, 6.07) is 5.94. The fraction of sp³-hybridized carbons (Fsp3) is 0.0909. The van der Waals surface area contributed by atoms with Crippen LogP contribution < -0.4 is 10.5 Å². The van der Waals surface area contributed by atoms with Gasteiger partial charge >= 0.3 is 5.69 Å². The number of aromatic nitrogens is 2. The Morgan fingerprint density at radius 3 is 2.79 bits per heavy atom. The van der Waals surface area contributed by atoms with Gasteiger partial charge in [0.25, 0.3) is 5.91 Å². The SMILES string of the molecule is COc1cccc(-c2cc(C(N)=O)[nH]n2)c1[N+](=O)[O-]. The maximum atomic E-state index is 11.1. The van der Waals surface area contributed by atoms with Crippen LogP contribution in [0.15, 0.2) is 24.3 Å². The van der Waals surface area contributed by atoms with E-state index in [2.05, 4.69) is 10.2 Å². The summed E-state index contributed by atoms with van der Waals surface area (Å²) in [6.45, 7) is 0. The van der Waals surface area contributed by atoms with Crippen LogP contribution in [0.1, 0.15) is 10.5 Å². The van der Waals surface area contributed by atoms with E-state index in [1.807, 2.05) is 0 Å². The number of nitro groups is 1. The highest BCUT2D eigenvalue weighted by Crippen LogP contribution is 2.36. The van der Waals surface area contributed by atoms with Crippen LogP contribution in [0, 0.1) is 10.1 Å². The highest BCUT2D eigenvalue weighted by molar-refractivity contribution is 5.92. The van der Waals surface area contributed by atoms with Crippen molar-refractivity contribution in [2.24, 2.45) is 5.73 Å². The molecule has 0 aliphatic heterocycles. The second kappa shape index (κ2) is 4.77. The first kappa shape index (κ1) is 12.6. The second-order valence-electron chi connectivity index (χ2n) is 3.64. The summed E-state index contributed by atoms with van der Waals surface area (Å²) in [6.07, 6.45) is 0. The molecule has 0 unspecified atom stereocenters. The number of rotatable bonds is 4. The Bertz CT molecular complexity index is 650. The lowest BCUT2D eigenvalue weighted by atomic mass is 10.1.